The summed E-state index contributed by atoms with van der Waals surface area (Å²) in [5.74, 6) is 2.51. The molecular weight excluding hydrogens is 230 g/mol. The maximum atomic E-state index is 3.80. The lowest BCUT2D eigenvalue weighted by Gasteiger charge is -2.22. The van der Waals surface area contributed by atoms with E-state index in [1.807, 2.05) is 0 Å². The number of benzene rings is 1. The second kappa shape index (κ2) is 7.09. The average molecular weight is 259 g/mol. The maximum absolute atomic E-state index is 3.80. The van der Waals surface area contributed by atoms with Gasteiger partial charge >= 0.3 is 0 Å². The van der Waals surface area contributed by atoms with E-state index < -0.39 is 0 Å². The van der Waals surface area contributed by atoms with Gasteiger partial charge in [-0.25, -0.2) is 0 Å². The minimum absolute atomic E-state index is 0.722. The van der Waals surface area contributed by atoms with E-state index in [0.717, 1.165) is 23.8 Å². The Bertz CT molecular complexity index is 359. The molecule has 0 saturated heterocycles. The van der Waals surface area contributed by atoms with Gasteiger partial charge in [0, 0.05) is 6.04 Å². The van der Waals surface area contributed by atoms with Crippen molar-refractivity contribution in [2.75, 3.05) is 6.54 Å². The summed E-state index contributed by atoms with van der Waals surface area (Å²) in [7, 11) is 0. The first-order chi connectivity index (χ1) is 9.26. The SMILES string of the molecule is CCCNC(CC(C)CC)C1CC1c1ccccc1. The first kappa shape index (κ1) is 14.6. The fourth-order valence-corrected chi connectivity index (χ4v) is 3.08. The van der Waals surface area contributed by atoms with Crippen LogP contribution in [0.25, 0.3) is 0 Å². The molecular formula is C18H29N. The second-order valence-corrected chi connectivity index (χ2v) is 6.23. The molecule has 0 bridgehead atoms. The van der Waals surface area contributed by atoms with Gasteiger partial charge in [-0.05, 0) is 49.1 Å². The Labute approximate surface area is 118 Å². The molecule has 0 radical (unpaired) electrons. The molecule has 4 unspecified atom stereocenters. The van der Waals surface area contributed by atoms with Crippen LogP contribution in [-0.2, 0) is 0 Å². The van der Waals surface area contributed by atoms with Crippen LogP contribution in [0.3, 0.4) is 0 Å². The standard InChI is InChI=1S/C18H29N/c1-4-11-19-18(12-14(3)5-2)17-13-16(17)15-9-7-6-8-10-15/h6-10,14,16-19H,4-5,11-13H2,1-3H3. The first-order valence-corrected chi connectivity index (χ1v) is 8.04. The highest BCUT2D eigenvalue weighted by atomic mass is 14.9. The molecule has 1 aliphatic carbocycles. The van der Waals surface area contributed by atoms with Crippen molar-refractivity contribution < 1.29 is 0 Å². The summed E-state index contributed by atoms with van der Waals surface area (Å²) >= 11 is 0. The topological polar surface area (TPSA) is 12.0 Å². The Morgan fingerprint density at radius 1 is 1.21 bits per heavy atom. The van der Waals surface area contributed by atoms with Crippen LogP contribution in [0.15, 0.2) is 30.3 Å². The summed E-state index contributed by atoms with van der Waals surface area (Å²) in [6, 6.07) is 11.8. The molecule has 0 spiro atoms. The zero-order valence-corrected chi connectivity index (χ0v) is 12.7. The minimum atomic E-state index is 0.722. The lowest BCUT2D eigenvalue weighted by molar-refractivity contribution is 0.360. The summed E-state index contributed by atoms with van der Waals surface area (Å²) in [4.78, 5) is 0. The Morgan fingerprint density at radius 2 is 1.95 bits per heavy atom. The Balaban J connectivity index is 1.93. The van der Waals surface area contributed by atoms with Crippen LogP contribution in [0.1, 0.15) is 57.9 Å². The molecule has 106 valence electrons. The van der Waals surface area contributed by atoms with Crippen LogP contribution in [0.4, 0.5) is 0 Å². The van der Waals surface area contributed by atoms with Gasteiger partial charge in [0.1, 0.15) is 0 Å². The summed E-state index contributed by atoms with van der Waals surface area (Å²) in [6.07, 6.45) is 5.25. The highest BCUT2D eigenvalue weighted by Crippen LogP contribution is 2.50. The first-order valence-electron chi connectivity index (χ1n) is 8.04. The van der Waals surface area contributed by atoms with Crippen molar-refractivity contribution in [1.82, 2.24) is 5.32 Å². The van der Waals surface area contributed by atoms with Crippen molar-refractivity contribution in [2.24, 2.45) is 11.8 Å². The number of hydrogen-bond donors (Lipinski definition) is 1. The van der Waals surface area contributed by atoms with E-state index in [1.165, 1.54) is 32.2 Å². The molecule has 1 aromatic carbocycles. The molecule has 1 N–H and O–H groups in total. The average Bonchev–Trinajstić information content (AvgIpc) is 3.24. The number of nitrogens with one attached hydrogen (secondary N) is 1. The molecule has 1 aromatic rings. The van der Waals surface area contributed by atoms with Gasteiger partial charge in [-0.15, -0.1) is 0 Å². The molecule has 4 atom stereocenters. The van der Waals surface area contributed by atoms with Crippen LogP contribution >= 0.6 is 0 Å². The molecule has 2 rings (SSSR count). The molecule has 0 heterocycles. The molecule has 0 amide bonds. The molecule has 1 saturated carbocycles. The van der Waals surface area contributed by atoms with E-state index in [9.17, 15) is 0 Å². The van der Waals surface area contributed by atoms with Gasteiger partial charge in [-0.3, -0.25) is 0 Å². The molecule has 1 fully saturated rings. The van der Waals surface area contributed by atoms with Crippen molar-refractivity contribution in [2.45, 2.75) is 58.4 Å². The normalized spacial score (nSPS) is 25.0. The van der Waals surface area contributed by atoms with Crippen molar-refractivity contribution >= 4 is 0 Å². The smallest absolute Gasteiger partial charge is 0.0104 e. The molecule has 1 nitrogen and oxygen atoms in total. The largest absolute Gasteiger partial charge is 0.314 e. The lowest BCUT2D eigenvalue weighted by Crippen LogP contribution is -2.33. The fourth-order valence-electron chi connectivity index (χ4n) is 3.08. The zero-order valence-electron chi connectivity index (χ0n) is 12.7. The highest BCUT2D eigenvalue weighted by Gasteiger charge is 2.43. The van der Waals surface area contributed by atoms with E-state index >= 15 is 0 Å². The maximum Gasteiger partial charge on any atom is 0.0104 e. The van der Waals surface area contributed by atoms with Crippen molar-refractivity contribution in [1.29, 1.82) is 0 Å². The van der Waals surface area contributed by atoms with E-state index in [1.54, 1.807) is 5.56 Å². The third kappa shape index (κ3) is 4.07. The Kier molecular flexibility index (Phi) is 5.45. The molecule has 0 aliphatic heterocycles. The predicted octanol–water partition coefficient (Wildman–Crippen LogP) is 4.59. The third-order valence-corrected chi connectivity index (χ3v) is 4.59. The van der Waals surface area contributed by atoms with Crippen molar-refractivity contribution in [3.8, 4) is 0 Å². The van der Waals surface area contributed by atoms with Crippen LogP contribution in [0.5, 0.6) is 0 Å². The van der Waals surface area contributed by atoms with Crippen LogP contribution in [0.2, 0.25) is 0 Å². The number of hydrogen-bond acceptors (Lipinski definition) is 1. The molecule has 19 heavy (non-hydrogen) atoms. The number of rotatable bonds is 8. The quantitative estimate of drug-likeness (QED) is 0.719. The third-order valence-electron chi connectivity index (χ3n) is 4.59. The van der Waals surface area contributed by atoms with Gasteiger partial charge in [0.2, 0.25) is 0 Å². The Hall–Kier alpha value is -0.820. The van der Waals surface area contributed by atoms with Crippen molar-refractivity contribution in [3.05, 3.63) is 35.9 Å². The van der Waals surface area contributed by atoms with E-state index in [-0.39, 0.29) is 0 Å². The van der Waals surface area contributed by atoms with E-state index in [4.69, 9.17) is 0 Å². The van der Waals surface area contributed by atoms with Gasteiger partial charge in [0.05, 0.1) is 0 Å². The van der Waals surface area contributed by atoms with Crippen LogP contribution in [-0.4, -0.2) is 12.6 Å². The van der Waals surface area contributed by atoms with E-state index in [2.05, 4.69) is 56.4 Å². The molecule has 1 heteroatoms. The van der Waals surface area contributed by atoms with Gasteiger partial charge < -0.3 is 5.32 Å². The lowest BCUT2D eigenvalue weighted by atomic mass is 9.94. The van der Waals surface area contributed by atoms with Gasteiger partial charge in [0.25, 0.3) is 0 Å². The van der Waals surface area contributed by atoms with Crippen LogP contribution < -0.4 is 5.32 Å². The molecule has 1 aliphatic rings. The van der Waals surface area contributed by atoms with Crippen molar-refractivity contribution in [3.63, 3.8) is 0 Å². The summed E-state index contributed by atoms with van der Waals surface area (Å²) < 4.78 is 0. The predicted molar refractivity (Wildman–Crippen MR) is 83.4 cm³/mol. The van der Waals surface area contributed by atoms with Gasteiger partial charge in [-0.1, -0.05) is 57.5 Å². The van der Waals surface area contributed by atoms with E-state index in [0.29, 0.717) is 0 Å². The van der Waals surface area contributed by atoms with Crippen LogP contribution in [0, 0.1) is 11.8 Å². The molecule has 0 aromatic heterocycles. The summed E-state index contributed by atoms with van der Waals surface area (Å²) in [5.41, 5.74) is 1.54. The zero-order chi connectivity index (χ0) is 13.7. The summed E-state index contributed by atoms with van der Waals surface area (Å²) in [6.45, 7) is 8.12. The Morgan fingerprint density at radius 3 is 2.58 bits per heavy atom. The summed E-state index contributed by atoms with van der Waals surface area (Å²) in [5, 5.41) is 3.80. The van der Waals surface area contributed by atoms with Gasteiger partial charge in [0.15, 0.2) is 0 Å². The highest BCUT2D eigenvalue weighted by molar-refractivity contribution is 5.26. The fraction of sp³-hybridized carbons (Fsp3) is 0.667. The monoisotopic (exact) mass is 259 g/mol. The van der Waals surface area contributed by atoms with Gasteiger partial charge in [-0.2, -0.15) is 0 Å². The minimum Gasteiger partial charge on any atom is -0.314 e. The second-order valence-electron chi connectivity index (χ2n) is 6.23.